The summed E-state index contributed by atoms with van der Waals surface area (Å²) in [6.07, 6.45) is 8.66. The first-order valence-electron chi connectivity index (χ1n) is 6.21. The van der Waals surface area contributed by atoms with Crippen LogP contribution in [0, 0.1) is 5.92 Å². The van der Waals surface area contributed by atoms with Crippen LogP contribution in [0.2, 0.25) is 0 Å². The smallest absolute Gasteiger partial charge is 0.0699 e. The van der Waals surface area contributed by atoms with E-state index in [1.807, 2.05) is 0 Å². The van der Waals surface area contributed by atoms with Gasteiger partial charge in [-0.3, -0.25) is 0 Å². The molecule has 0 radical (unpaired) electrons. The summed E-state index contributed by atoms with van der Waals surface area (Å²) in [5.74, 6) is 0.943. The predicted octanol–water partition coefficient (Wildman–Crippen LogP) is 2.33. The van der Waals surface area contributed by atoms with Crippen LogP contribution in [0.15, 0.2) is 0 Å². The molecule has 14 heavy (non-hydrogen) atoms. The molecule has 1 saturated heterocycles. The molecule has 1 saturated carbocycles. The second-order valence-electron chi connectivity index (χ2n) is 4.88. The standard InChI is InChI=1S/C12H23NO/c1-10(11-5-4-6-11)13-9-12-7-2-3-8-14-12/h10-13H,2-9H2,1H3. The van der Waals surface area contributed by atoms with E-state index in [4.69, 9.17) is 4.74 Å². The Labute approximate surface area is 87.4 Å². The Morgan fingerprint density at radius 2 is 2.07 bits per heavy atom. The van der Waals surface area contributed by atoms with Crippen LogP contribution in [0.4, 0.5) is 0 Å². The first kappa shape index (κ1) is 10.4. The van der Waals surface area contributed by atoms with Crippen LogP contribution in [0.1, 0.15) is 45.4 Å². The molecule has 1 aliphatic carbocycles. The SMILES string of the molecule is CC(NCC1CCCCO1)C1CCC1. The number of hydrogen-bond donors (Lipinski definition) is 1. The van der Waals surface area contributed by atoms with Crippen molar-refractivity contribution >= 4 is 0 Å². The lowest BCUT2D eigenvalue weighted by molar-refractivity contribution is 0.0136. The number of hydrogen-bond acceptors (Lipinski definition) is 2. The Bertz CT molecular complexity index is 160. The maximum absolute atomic E-state index is 5.70. The van der Waals surface area contributed by atoms with E-state index in [-0.39, 0.29) is 0 Å². The predicted molar refractivity (Wildman–Crippen MR) is 58.4 cm³/mol. The molecule has 2 unspecified atom stereocenters. The molecular weight excluding hydrogens is 174 g/mol. The lowest BCUT2D eigenvalue weighted by Crippen LogP contribution is -2.42. The third kappa shape index (κ3) is 2.71. The summed E-state index contributed by atoms with van der Waals surface area (Å²) in [5, 5.41) is 3.63. The maximum Gasteiger partial charge on any atom is 0.0699 e. The van der Waals surface area contributed by atoms with Crippen LogP contribution >= 0.6 is 0 Å². The number of ether oxygens (including phenoxy) is 1. The average Bonchev–Trinajstić information content (AvgIpc) is 2.14. The monoisotopic (exact) mass is 197 g/mol. The van der Waals surface area contributed by atoms with E-state index in [2.05, 4.69) is 12.2 Å². The fraction of sp³-hybridized carbons (Fsp3) is 1.00. The highest BCUT2D eigenvalue weighted by Crippen LogP contribution is 2.29. The van der Waals surface area contributed by atoms with Crippen LogP contribution in [-0.4, -0.2) is 25.3 Å². The second-order valence-corrected chi connectivity index (χ2v) is 4.88. The van der Waals surface area contributed by atoms with E-state index >= 15 is 0 Å². The molecule has 82 valence electrons. The molecule has 0 amide bonds. The van der Waals surface area contributed by atoms with Crippen LogP contribution in [-0.2, 0) is 4.74 Å². The van der Waals surface area contributed by atoms with Gasteiger partial charge in [0, 0.05) is 19.2 Å². The Hall–Kier alpha value is -0.0800. The van der Waals surface area contributed by atoms with Gasteiger partial charge in [-0.1, -0.05) is 6.42 Å². The van der Waals surface area contributed by atoms with Gasteiger partial charge in [-0.15, -0.1) is 0 Å². The van der Waals surface area contributed by atoms with E-state index in [0.717, 1.165) is 19.1 Å². The molecule has 1 heterocycles. The van der Waals surface area contributed by atoms with Gasteiger partial charge in [-0.25, -0.2) is 0 Å². The molecule has 1 N–H and O–H groups in total. The van der Waals surface area contributed by atoms with Gasteiger partial charge in [-0.05, 0) is 44.9 Å². The highest BCUT2D eigenvalue weighted by molar-refractivity contribution is 4.80. The minimum absolute atomic E-state index is 0.492. The zero-order valence-electron chi connectivity index (χ0n) is 9.30. The normalized spacial score (nSPS) is 31.1. The number of rotatable bonds is 4. The molecule has 0 spiro atoms. The van der Waals surface area contributed by atoms with Crippen molar-refractivity contribution in [1.29, 1.82) is 0 Å². The zero-order valence-corrected chi connectivity index (χ0v) is 9.30. The molecule has 2 heteroatoms. The van der Waals surface area contributed by atoms with E-state index in [9.17, 15) is 0 Å². The lowest BCUT2D eigenvalue weighted by atomic mass is 9.80. The van der Waals surface area contributed by atoms with Crippen LogP contribution in [0.5, 0.6) is 0 Å². The number of nitrogens with one attached hydrogen (secondary N) is 1. The second kappa shape index (κ2) is 5.13. The van der Waals surface area contributed by atoms with E-state index in [0.29, 0.717) is 12.1 Å². The molecule has 2 atom stereocenters. The molecular formula is C12H23NO. The molecule has 0 aromatic heterocycles. The summed E-state index contributed by atoms with van der Waals surface area (Å²) in [4.78, 5) is 0. The summed E-state index contributed by atoms with van der Waals surface area (Å²) in [7, 11) is 0. The highest BCUT2D eigenvalue weighted by Gasteiger charge is 2.24. The molecule has 2 fully saturated rings. The summed E-state index contributed by atoms with van der Waals surface area (Å²) in [6, 6.07) is 0.703. The van der Waals surface area contributed by atoms with Crippen molar-refractivity contribution in [2.45, 2.75) is 57.6 Å². The quantitative estimate of drug-likeness (QED) is 0.747. The van der Waals surface area contributed by atoms with Crippen LogP contribution < -0.4 is 5.32 Å². The first-order chi connectivity index (χ1) is 6.86. The Morgan fingerprint density at radius 1 is 1.21 bits per heavy atom. The van der Waals surface area contributed by atoms with E-state index in [1.54, 1.807) is 0 Å². The molecule has 1 aliphatic heterocycles. The van der Waals surface area contributed by atoms with Crippen molar-refractivity contribution < 1.29 is 4.74 Å². The van der Waals surface area contributed by atoms with Gasteiger partial charge in [0.1, 0.15) is 0 Å². The zero-order chi connectivity index (χ0) is 9.80. The maximum atomic E-state index is 5.70. The third-order valence-electron chi connectivity index (χ3n) is 3.80. The summed E-state index contributed by atoms with van der Waals surface area (Å²) < 4.78 is 5.70. The Balaban J connectivity index is 1.60. The van der Waals surface area contributed by atoms with Crippen LogP contribution in [0.3, 0.4) is 0 Å². The van der Waals surface area contributed by atoms with E-state index < -0.39 is 0 Å². The van der Waals surface area contributed by atoms with Crippen LogP contribution in [0.25, 0.3) is 0 Å². The average molecular weight is 197 g/mol. The summed E-state index contributed by atoms with van der Waals surface area (Å²) >= 11 is 0. The topological polar surface area (TPSA) is 21.3 Å². The van der Waals surface area contributed by atoms with Crippen molar-refractivity contribution in [2.75, 3.05) is 13.2 Å². The van der Waals surface area contributed by atoms with Gasteiger partial charge in [0.2, 0.25) is 0 Å². The molecule has 0 aromatic rings. The minimum Gasteiger partial charge on any atom is -0.377 e. The summed E-state index contributed by atoms with van der Waals surface area (Å²) in [6.45, 7) is 4.37. The Kier molecular flexibility index (Phi) is 3.82. The van der Waals surface area contributed by atoms with Crippen molar-refractivity contribution in [1.82, 2.24) is 5.32 Å². The minimum atomic E-state index is 0.492. The fourth-order valence-corrected chi connectivity index (χ4v) is 2.39. The lowest BCUT2D eigenvalue weighted by Gasteiger charge is -2.33. The van der Waals surface area contributed by atoms with Crippen molar-refractivity contribution in [3.63, 3.8) is 0 Å². The van der Waals surface area contributed by atoms with Gasteiger partial charge in [0.15, 0.2) is 0 Å². The molecule has 2 nitrogen and oxygen atoms in total. The fourth-order valence-electron chi connectivity index (χ4n) is 2.39. The van der Waals surface area contributed by atoms with Crippen molar-refractivity contribution in [2.24, 2.45) is 5.92 Å². The Morgan fingerprint density at radius 3 is 2.64 bits per heavy atom. The van der Waals surface area contributed by atoms with Gasteiger partial charge >= 0.3 is 0 Å². The van der Waals surface area contributed by atoms with E-state index in [1.165, 1.54) is 38.5 Å². The molecule has 0 aromatic carbocycles. The van der Waals surface area contributed by atoms with Gasteiger partial charge < -0.3 is 10.1 Å². The highest BCUT2D eigenvalue weighted by atomic mass is 16.5. The first-order valence-corrected chi connectivity index (χ1v) is 6.21. The third-order valence-corrected chi connectivity index (χ3v) is 3.80. The molecule has 2 aliphatic rings. The van der Waals surface area contributed by atoms with Crippen molar-refractivity contribution in [3.05, 3.63) is 0 Å². The van der Waals surface area contributed by atoms with Crippen molar-refractivity contribution in [3.8, 4) is 0 Å². The summed E-state index contributed by atoms with van der Waals surface area (Å²) in [5.41, 5.74) is 0. The molecule has 2 rings (SSSR count). The van der Waals surface area contributed by atoms with Gasteiger partial charge in [-0.2, -0.15) is 0 Å². The van der Waals surface area contributed by atoms with Gasteiger partial charge in [0.05, 0.1) is 6.10 Å². The molecule has 0 bridgehead atoms. The largest absolute Gasteiger partial charge is 0.377 e. The van der Waals surface area contributed by atoms with Gasteiger partial charge in [0.25, 0.3) is 0 Å².